The number of hydrogen-bond acceptors (Lipinski definition) is 5. The van der Waals surface area contributed by atoms with Crippen LogP contribution in [0.2, 0.25) is 0 Å². The fourth-order valence-electron chi connectivity index (χ4n) is 5.10. The van der Waals surface area contributed by atoms with Crippen LogP contribution in [0.1, 0.15) is 48.5 Å². The van der Waals surface area contributed by atoms with E-state index in [1.165, 1.54) is 5.01 Å². The van der Waals surface area contributed by atoms with Crippen LogP contribution in [0.25, 0.3) is 22.0 Å². The van der Waals surface area contributed by atoms with Gasteiger partial charge in [0.25, 0.3) is 0 Å². The number of carbonyl (C=O) groups is 2. The SMILES string of the molecule is COc1ccc(C2CC(c3c(C)nc4ccc(Br)cc4c3-c3ccccc3)=NN2C(=O)CCCC(=O)O)cc1. The van der Waals surface area contributed by atoms with E-state index in [0.717, 1.165) is 54.8 Å². The van der Waals surface area contributed by atoms with Crippen molar-refractivity contribution in [3.05, 3.63) is 94.1 Å². The summed E-state index contributed by atoms with van der Waals surface area (Å²) in [5.41, 5.74) is 6.37. The third-order valence-corrected chi connectivity index (χ3v) is 7.42. The van der Waals surface area contributed by atoms with Crippen molar-refractivity contribution in [2.45, 2.75) is 38.6 Å². The van der Waals surface area contributed by atoms with Crippen LogP contribution < -0.4 is 4.74 Å². The highest BCUT2D eigenvalue weighted by Gasteiger charge is 2.35. The van der Waals surface area contributed by atoms with Crippen molar-refractivity contribution >= 4 is 44.4 Å². The van der Waals surface area contributed by atoms with Crippen LogP contribution in [0.15, 0.2) is 82.4 Å². The summed E-state index contributed by atoms with van der Waals surface area (Å²) in [6.07, 6.45) is 0.789. The quantitative estimate of drug-likeness (QED) is 0.242. The summed E-state index contributed by atoms with van der Waals surface area (Å²) in [5.74, 6) is -0.400. The Morgan fingerprint density at radius 3 is 2.46 bits per heavy atom. The Morgan fingerprint density at radius 2 is 1.77 bits per heavy atom. The third-order valence-electron chi connectivity index (χ3n) is 6.93. The molecule has 1 amide bonds. The smallest absolute Gasteiger partial charge is 0.303 e. The molecule has 0 aliphatic carbocycles. The second-order valence-electron chi connectivity index (χ2n) is 9.50. The Labute approximate surface area is 235 Å². The van der Waals surface area contributed by atoms with Gasteiger partial charge in [0, 0.05) is 45.9 Å². The van der Waals surface area contributed by atoms with E-state index in [9.17, 15) is 9.59 Å². The highest BCUT2D eigenvalue weighted by molar-refractivity contribution is 9.10. The van der Waals surface area contributed by atoms with Crippen molar-refractivity contribution in [2.24, 2.45) is 5.10 Å². The van der Waals surface area contributed by atoms with Gasteiger partial charge in [-0.2, -0.15) is 5.10 Å². The first-order valence-electron chi connectivity index (χ1n) is 12.8. The number of methoxy groups -OCH3 is 1. The molecule has 1 N–H and O–H groups in total. The molecule has 1 aliphatic heterocycles. The normalized spacial score (nSPS) is 14.9. The Balaban J connectivity index is 1.64. The number of carbonyl (C=O) groups excluding carboxylic acids is 1. The van der Waals surface area contributed by atoms with E-state index in [4.69, 9.17) is 19.9 Å². The van der Waals surface area contributed by atoms with Gasteiger partial charge in [-0.05, 0) is 54.8 Å². The van der Waals surface area contributed by atoms with E-state index in [0.29, 0.717) is 6.42 Å². The standard InChI is InChI=1S/C31H28BrN3O4/c1-19-30(31(21-7-4-3-5-8-21)24-17-22(32)13-16-25(24)33-19)26-18-27(20-11-14-23(39-2)15-12-20)35(34-26)28(36)9-6-10-29(37)38/h3-5,7-8,11-17,27H,6,9-10,18H2,1-2H3,(H,37,38). The molecule has 5 rings (SSSR count). The molecule has 2 heterocycles. The molecule has 0 saturated carbocycles. The minimum Gasteiger partial charge on any atom is -0.497 e. The highest BCUT2D eigenvalue weighted by atomic mass is 79.9. The molecule has 198 valence electrons. The maximum absolute atomic E-state index is 13.4. The fraction of sp³-hybridized carbons (Fsp3) is 0.226. The van der Waals surface area contributed by atoms with Gasteiger partial charge in [-0.15, -0.1) is 0 Å². The largest absolute Gasteiger partial charge is 0.497 e. The number of rotatable bonds is 8. The number of pyridine rings is 1. The molecule has 7 nitrogen and oxygen atoms in total. The molecule has 1 unspecified atom stereocenters. The van der Waals surface area contributed by atoms with Crippen molar-refractivity contribution < 1.29 is 19.4 Å². The number of ether oxygens (including phenoxy) is 1. The summed E-state index contributed by atoms with van der Waals surface area (Å²) in [6, 6.07) is 23.5. The van der Waals surface area contributed by atoms with Gasteiger partial charge < -0.3 is 9.84 Å². The number of benzene rings is 3. The molecule has 1 aromatic heterocycles. The average molecular weight is 586 g/mol. The maximum Gasteiger partial charge on any atom is 0.303 e. The molecule has 0 fully saturated rings. The van der Waals surface area contributed by atoms with Crippen LogP contribution in [0.4, 0.5) is 0 Å². The number of aromatic nitrogens is 1. The van der Waals surface area contributed by atoms with E-state index >= 15 is 0 Å². The zero-order valence-electron chi connectivity index (χ0n) is 21.7. The van der Waals surface area contributed by atoms with Crippen molar-refractivity contribution in [1.82, 2.24) is 9.99 Å². The number of halogens is 1. The number of carboxylic acids is 1. The lowest BCUT2D eigenvalue weighted by Crippen LogP contribution is -2.27. The second kappa shape index (κ2) is 11.4. The monoisotopic (exact) mass is 585 g/mol. The summed E-state index contributed by atoms with van der Waals surface area (Å²) < 4.78 is 6.27. The number of aryl methyl sites for hydroxylation is 1. The van der Waals surface area contributed by atoms with Gasteiger partial charge in [0.1, 0.15) is 5.75 Å². The average Bonchev–Trinajstić information content (AvgIpc) is 3.38. The van der Waals surface area contributed by atoms with Gasteiger partial charge in [-0.1, -0.05) is 58.4 Å². The number of nitrogens with zero attached hydrogens (tertiary/aromatic N) is 3. The van der Waals surface area contributed by atoms with E-state index in [1.807, 2.05) is 61.5 Å². The van der Waals surface area contributed by atoms with Crippen LogP contribution in [-0.4, -0.2) is 39.8 Å². The molecule has 8 heteroatoms. The lowest BCUT2D eigenvalue weighted by Gasteiger charge is -2.22. The molecule has 0 radical (unpaired) electrons. The Hall–Kier alpha value is -4.04. The van der Waals surface area contributed by atoms with E-state index in [1.54, 1.807) is 7.11 Å². The zero-order chi connectivity index (χ0) is 27.5. The first-order valence-corrected chi connectivity index (χ1v) is 13.6. The summed E-state index contributed by atoms with van der Waals surface area (Å²) in [7, 11) is 1.61. The molecule has 0 saturated heterocycles. The molecule has 0 spiro atoms. The molecule has 4 aromatic rings. The van der Waals surface area contributed by atoms with Gasteiger partial charge in [-0.3, -0.25) is 14.6 Å². The Morgan fingerprint density at radius 1 is 1.03 bits per heavy atom. The Bertz CT molecular complexity index is 1570. The predicted molar refractivity (Wildman–Crippen MR) is 155 cm³/mol. The predicted octanol–water partition coefficient (Wildman–Crippen LogP) is 6.91. The van der Waals surface area contributed by atoms with Gasteiger partial charge >= 0.3 is 5.97 Å². The van der Waals surface area contributed by atoms with Crippen LogP contribution >= 0.6 is 15.9 Å². The topological polar surface area (TPSA) is 92.1 Å². The molecular formula is C31H28BrN3O4. The molecule has 1 aliphatic rings. The Kier molecular flexibility index (Phi) is 7.74. The second-order valence-corrected chi connectivity index (χ2v) is 10.4. The van der Waals surface area contributed by atoms with E-state index < -0.39 is 5.97 Å². The minimum atomic E-state index is -0.920. The van der Waals surface area contributed by atoms with Crippen molar-refractivity contribution in [1.29, 1.82) is 0 Å². The third kappa shape index (κ3) is 5.56. The van der Waals surface area contributed by atoms with E-state index in [-0.39, 0.29) is 31.2 Å². The summed E-state index contributed by atoms with van der Waals surface area (Å²) in [5, 5.41) is 16.5. The van der Waals surface area contributed by atoms with Gasteiger partial charge in [0.2, 0.25) is 5.91 Å². The fourth-order valence-corrected chi connectivity index (χ4v) is 5.46. The molecule has 39 heavy (non-hydrogen) atoms. The van der Waals surface area contributed by atoms with Crippen LogP contribution in [0.3, 0.4) is 0 Å². The molecule has 0 bridgehead atoms. The lowest BCUT2D eigenvalue weighted by molar-refractivity contribution is -0.137. The highest BCUT2D eigenvalue weighted by Crippen LogP contribution is 2.40. The van der Waals surface area contributed by atoms with Crippen molar-refractivity contribution in [2.75, 3.05) is 7.11 Å². The number of fused-ring (bicyclic) bond motifs is 1. The van der Waals surface area contributed by atoms with E-state index in [2.05, 4.69) is 34.1 Å². The summed E-state index contributed by atoms with van der Waals surface area (Å²) >= 11 is 3.62. The maximum atomic E-state index is 13.4. The first kappa shape index (κ1) is 26.6. The molecular weight excluding hydrogens is 558 g/mol. The van der Waals surface area contributed by atoms with Crippen LogP contribution in [0, 0.1) is 6.92 Å². The van der Waals surface area contributed by atoms with Gasteiger partial charge in [0.15, 0.2) is 0 Å². The summed E-state index contributed by atoms with van der Waals surface area (Å²) in [6.45, 7) is 1.98. The number of carboxylic acid groups (broad SMARTS) is 1. The lowest BCUT2D eigenvalue weighted by atomic mass is 9.89. The molecule has 3 aromatic carbocycles. The molecule has 1 atom stereocenters. The van der Waals surface area contributed by atoms with Crippen LogP contribution in [0.5, 0.6) is 5.75 Å². The number of aliphatic carboxylic acids is 1. The summed E-state index contributed by atoms with van der Waals surface area (Å²) in [4.78, 5) is 29.4. The number of hydrazone groups is 1. The van der Waals surface area contributed by atoms with Gasteiger partial charge in [0.05, 0.1) is 24.4 Å². The van der Waals surface area contributed by atoms with Crippen molar-refractivity contribution in [3.8, 4) is 16.9 Å². The van der Waals surface area contributed by atoms with Gasteiger partial charge in [-0.25, -0.2) is 5.01 Å². The minimum absolute atomic E-state index is 0.0654. The number of amides is 1. The van der Waals surface area contributed by atoms with Crippen LogP contribution in [-0.2, 0) is 9.59 Å². The first-order chi connectivity index (χ1) is 18.9. The number of hydrogen-bond donors (Lipinski definition) is 1. The zero-order valence-corrected chi connectivity index (χ0v) is 23.3. The van der Waals surface area contributed by atoms with Crippen molar-refractivity contribution in [3.63, 3.8) is 0 Å².